The normalized spacial score (nSPS) is 12.8. The largest absolute Gasteiger partial charge is 0.466 e. The first-order chi connectivity index (χ1) is 8.40. The molecule has 0 amide bonds. The number of hydrogen-bond donors (Lipinski definition) is 1. The molecular weight excluding hydrogens is 360 g/mol. The van der Waals surface area contributed by atoms with Gasteiger partial charge < -0.3 is 9.52 Å². The average molecular weight is 374 g/mol. The van der Waals surface area contributed by atoms with Gasteiger partial charge in [-0.3, -0.25) is 0 Å². The van der Waals surface area contributed by atoms with Crippen molar-refractivity contribution < 1.29 is 9.52 Å². The van der Waals surface area contributed by atoms with E-state index in [1.54, 1.807) is 0 Å². The van der Waals surface area contributed by atoms with Crippen molar-refractivity contribution in [1.82, 2.24) is 0 Å². The molecule has 18 heavy (non-hydrogen) atoms. The Morgan fingerprint density at radius 3 is 2.22 bits per heavy atom. The first-order valence-electron chi connectivity index (χ1n) is 5.60. The number of hydrogen-bond acceptors (Lipinski definition) is 2. The molecule has 0 saturated carbocycles. The molecule has 96 valence electrons. The van der Waals surface area contributed by atoms with Crippen molar-refractivity contribution in [3.8, 4) is 0 Å². The van der Waals surface area contributed by atoms with Gasteiger partial charge in [-0.1, -0.05) is 31.9 Å². The molecule has 1 unspecified atom stereocenters. The Labute approximate surface area is 123 Å². The molecule has 1 heterocycles. The summed E-state index contributed by atoms with van der Waals surface area (Å²) in [5.41, 5.74) is 2.76. The predicted molar refractivity (Wildman–Crippen MR) is 78.8 cm³/mol. The Kier molecular flexibility index (Phi) is 3.99. The van der Waals surface area contributed by atoms with Crippen LogP contribution in [-0.4, -0.2) is 5.11 Å². The summed E-state index contributed by atoms with van der Waals surface area (Å²) in [5.74, 6) is 1.56. The van der Waals surface area contributed by atoms with Gasteiger partial charge in [-0.25, -0.2) is 0 Å². The van der Waals surface area contributed by atoms with E-state index >= 15 is 0 Å². The molecule has 1 aromatic carbocycles. The quantitative estimate of drug-likeness (QED) is 0.819. The van der Waals surface area contributed by atoms with E-state index in [1.807, 2.05) is 39.0 Å². The average Bonchev–Trinajstić information content (AvgIpc) is 2.62. The molecule has 0 radical (unpaired) electrons. The van der Waals surface area contributed by atoms with Crippen molar-refractivity contribution in [1.29, 1.82) is 0 Å². The van der Waals surface area contributed by atoms with Gasteiger partial charge >= 0.3 is 0 Å². The highest BCUT2D eigenvalue weighted by Crippen LogP contribution is 2.34. The second-order valence-corrected chi connectivity index (χ2v) is 6.10. The molecule has 0 bridgehead atoms. The zero-order valence-electron chi connectivity index (χ0n) is 10.4. The second kappa shape index (κ2) is 5.19. The number of halogens is 2. The van der Waals surface area contributed by atoms with Crippen LogP contribution < -0.4 is 0 Å². The lowest BCUT2D eigenvalue weighted by atomic mass is 10.0. The maximum Gasteiger partial charge on any atom is 0.109 e. The minimum absolute atomic E-state index is 0.686. The SMILES string of the molecule is Cc1cc(C(O)c2cc(Br)c(C)cc2Br)c(C)o1. The van der Waals surface area contributed by atoms with Gasteiger partial charge in [0.2, 0.25) is 0 Å². The van der Waals surface area contributed by atoms with Crippen LogP contribution in [0.25, 0.3) is 0 Å². The zero-order chi connectivity index (χ0) is 13.4. The van der Waals surface area contributed by atoms with Crippen molar-refractivity contribution in [2.45, 2.75) is 26.9 Å². The Bertz CT molecular complexity index is 588. The van der Waals surface area contributed by atoms with Crippen molar-refractivity contribution in [3.63, 3.8) is 0 Å². The molecule has 1 N–H and O–H groups in total. The van der Waals surface area contributed by atoms with Gasteiger partial charge in [-0.05, 0) is 44.5 Å². The third-order valence-electron chi connectivity index (χ3n) is 2.95. The van der Waals surface area contributed by atoms with Crippen molar-refractivity contribution >= 4 is 31.9 Å². The maximum atomic E-state index is 10.5. The molecule has 0 aliphatic carbocycles. The Hall–Kier alpha value is -0.580. The molecule has 1 atom stereocenters. The minimum Gasteiger partial charge on any atom is -0.466 e. The van der Waals surface area contributed by atoms with E-state index < -0.39 is 6.10 Å². The van der Waals surface area contributed by atoms with Crippen LogP contribution >= 0.6 is 31.9 Å². The first-order valence-corrected chi connectivity index (χ1v) is 7.19. The fraction of sp³-hybridized carbons (Fsp3) is 0.286. The molecule has 2 rings (SSSR count). The fourth-order valence-corrected chi connectivity index (χ4v) is 3.00. The van der Waals surface area contributed by atoms with Crippen LogP contribution in [0, 0.1) is 20.8 Å². The van der Waals surface area contributed by atoms with E-state index in [1.165, 1.54) is 0 Å². The number of benzene rings is 1. The number of aryl methyl sites for hydroxylation is 3. The van der Waals surface area contributed by atoms with Crippen LogP contribution in [0.5, 0.6) is 0 Å². The topological polar surface area (TPSA) is 33.4 Å². The summed E-state index contributed by atoms with van der Waals surface area (Å²) >= 11 is 6.99. The molecule has 2 nitrogen and oxygen atoms in total. The Balaban J connectivity index is 2.49. The second-order valence-electron chi connectivity index (χ2n) is 4.39. The first kappa shape index (κ1) is 13.8. The number of aliphatic hydroxyl groups excluding tert-OH is 1. The van der Waals surface area contributed by atoms with E-state index in [2.05, 4.69) is 31.9 Å². The maximum absolute atomic E-state index is 10.5. The number of furan rings is 1. The molecule has 0 saturated heterocycles. The van der Waals surface area contributed by atoms with Gasteiger partial charge in [-0.15, -0.1) is 0 Å². The summed E-state index contributed by atoms with van der Waals surface area (Å²) in [5, 5.41) is 10.5. The highest BCUT2D eigenvalue weighted by atomic mass is 79.9. The lowest BCUT2D eigenvalue weighted by molar-refractivity contribution is 0.217. The zero-order valence-corrected chi connectivity index (χ0v) is 13.6. The van der Waals surface area contributed by atoms with Crippen LogP contribution in [0.3, 0.4) is 0 Å². The van der Waals surface area contributed by atoms with Gasteiger partial charge in [0, 0.05) is 20.1 Å². The van der Waals surface area contributed by atoms with E-state index in [0.717, 1.165) is 37.2 Å². The van der Waals surface area contributed by atoms with Crippen molar-refractivity contribution in [2.24, 2.45) is 0 Å². The summed E-state index contributed by atoms with van der Waals surface area (Å²) < 4.78 is 7.35. The standard InChI is InChI=1S/C14H14Br2O2/c1-7-4-13(16)11(6-12(7)15)14(17)10-5-8(2)18-9(10)3/h4-6,14,17H,1-3H3. The van der Waals surface area contributed by atoms with Crippen molar-refractivity contribution in [2.75, 3.05) is 0 Å². The number of aliphatic hydroxyl groups is 1. The van der Waals surface area contributed by atoms with E-state index in [-0.39, 0.29) is 0 Å². The third kappa shape index (κ3) is 2.56. The minimum atomic E-state index is -0.686. The van der Waals surface area contributed by atoms with Gasteiger partial charge in [0.1, 0.15) is 17.6 Å². The van der Waals surface area contributed by atoms with Crippen molar-refractivity contribution in [3.05, 3.63) is 55.4 Å². The summed E-state index contributed by atoms with van der Waals surface area (Å²) in [6.45, 7) is 5.75. The van der Waals surface area contributed by atoms with Crippen LogP contribution in [-0.2, 0) is 0 Å². The van der Waals surface area contributed by atoms with Gasteiger partial charge in [0.15, 0.2) is 0 Å². The van der Waals surface area contributed by atoms with Crippen LogP contribution in [0.2, 0.25) is 0 Å². The van der Waals surface area contributed by atoms with Gasteiger partial charge in [0.25, 0.3) is 0 Å². The van der Waals surface area contributed by atoms with E-state index in [9.17, 15) is 5.11 Å². The molecule has 4 heteroatoms. The molecular formula is C14H14Br2O2. The van der Waals surface area contributed by atoms with Crippen LogP contribution in [0.4, 0.5) is 0 Å². The van der Waals surface area contributed by atoms with Gasteiger partial charge in [-0.2, -0.15) is 0 Å². The summed E-state index contributed by atoms with van der Waals surface area (Å²) in [6.07, 6.45) is -0.686. The van der Waals surface area contributed by atoms with Gasteiger partial charge in [0.05, 0.1) is 0 Å². The summed E-state index contributed by atoms with van der Waals surface area (Å²) in [6, 6.07) is 5.80. The summed E-state index contributed by atoms with van der Waals surface area (Å²) in [7, 11) is 0. The highest BCUT2D eigenvalue weighted by molar-refractivity contribution is 9.11. The third-order valence-corrected chi connectivity index (χ3v) is 4.49. The molecule has 2 aromatic rings. The van der Waals surface area contributed by atoms with Crippen LogP contribution in [0.15, 0.2) is 31.6 Å². The highest BCUT2D eigenvalue weighted by Gasteiger charge is 2.19. The van der Waals surface area contributed by atoms with E-state index in [4.69, 9.17) is 4.42 Å². The lowest BCUT2D eigenvalue weighted by Crippen LogP contribution is -2.01. The fourth-order valence-electron chi connectivity index (χ4n) is 1.96. The monoisotopic (exact) mass is 372 g/mol. The Morgan fingerprint density at radius 2 is 1.67 bits per heavy atom. The molecule has 0 aliphatic heterocycles. The molecule has 0 fully saturated rings. The molecule has 0 spiro atoms. The molecule has 1 aromatic heterocycles. The predicted octanol–water partition coefficient (Wildman–Crippen LogP) is 4.81. The summed E-state index contributed by atoms with van der Waals surface area (Å²) in [4.78, 5) is 0. The van der Waals surface area contributed by atoms with Crippen LogP contribution in [0.1, 0.15) is 34.3 Å². The molecule has 0 aliphatic rings. The Morgan fingerprint density at radius 1 is 1.00 bits per heavy atom. The van der Waals surface area contributed by atoms with E-state index in [0.29, 0.717) is 0 Å². The smallest absolute Gasteiger partial charge is 0.109 e. The lowest BCUT2D eigenvalue weighted by Gasteiger charge is -2.14. The number of rotatable bonds is 2.